The number of rotatable bonds is 5. The van der Waals surface area contributed by atoms with E-state index in [1.807, 2.05) is 0 Å². The number of halogens is 3. The number of benzene rings is 2. The van der Waals surface area contributed by atoms with Gasteiger partial charge in [0.05, 0.1) is 1.37 Å². The highest BCUT2D eigenvalue weighted by Crippen LogP contribution is 2.30. The fourth-order valence-electron chi connectivity index (χ4n) is 3.25. The van der Waals surface area contributed by atoms with E-state index in [2.05, 4.69) is 0 Å². The molecule has 2 N–H and O–H groups in total. The monoisotopic (exact) mass is 467 g/mol. The maximum Gasteiger partial charge on any atom is 0.349 e. The second kappa shape index (κ2) is 8.31. The van der Waals surface area contributed by atoms with Crippen molar-refractivity contribution in [3.63, 3.8) is 0 Å². The summed E-state index contributed by atoms with van der Waals surface area (Å²) in [7, 11) is 0. The predicted molar refractivity (Wildman–Crippen MR) is 110 cm³/mol. The first-order valence-electron chi connectivity index (χ1n) is 12.2. The van der Waals surface area contributed by atoms with Crippen LogP contribution in [0.1, 0.15) is 46.6 Å². The van der Waals surface area contributed by atoms with Crippen LogP contribution in [0.25, 0.3) is 0 Å². The molecule has 0 bridgehead atoms. The Morgan fingerprint density at radius 1 is 1.28 bits per heavy atom. The molecule has 1 saturated heterocycles. The van der Waals surface area contributed by atoms with Crippen LogP contribution in [0.15, 0.2) is 42.5 Å². The molecule has 0 saturated carbocycles. The van der Waals surface area contributed by atoms with Crippen molar-refractivity contribution >= 4 is 35.2 Å². The maximum absolute atomic E-state index is 14.7. The lowest BCUT2D eigenvalue weighted by molar-refractivity contribution is -0.147. The van der Waals surface area contributed by atoms with Gasteiger partial charge in [0.15, 0.2) is 1.41 Å². The van der Waals surface area contributed by atoms with Gasteiger partial charge in [-0.15, -0.1) is 0 Å². The van der Waals surface area contributed by atoms with E-state index in [1.165, 1.54) is 30.3 Å². The van der Waals surface area contributed by atoms with Crippen molar-refractivity contribution in [1.82, 2.24) is 15.5 Å². The molecular weight excluding hydrogens is 444 g/mol. The molecule has 1 fully saturated rings. The molecule has 10 heteroatoms. The van der Waals surface area contributed by atoms with Gasteiger partial charge in [-0.1, -0.05) is 35.9 Å². The van der Waals surface area contributed by atoms with Crippen molar-refractivity contribution < 1.29 is 36.2 Å². The summed E-state index contributed by atoms with van der Waals surface area (Å²) in [5.41, 5.74) is -0.506. The molecule has 2 aromatic rings. The molecule has 2 aliphatic rings. The lowest BCUT2D eigenvalue weighted by Gasteiger charge is -2.29. The number of fused-ring (bicyclic) bond motifs is 1. The predicted octanol–water partition coefficient (Wildman–Crippen LogP) is 2.51. The van der Waals surface area contributed by atoms with E-state index in [-0.39, 0.29) is 27.0 Å². The number of hydrogen-bond acceptors (Lipinski definition) is 4. The Balaban J connectivity index is 1.58. The van der Waals surface area contributed by atoms with Crippen LogP contribution in [-0.2, 0) is 33.4 Å². The molecular formula is C22H18ClF2N3O4. The zero-order valence-corrected chi connectivity index (χ0v) is 16.9. The third-order valence-corrected chi connectivity index (χ3v) is 5.11. The minimum Gasteiger partial charge on any atom is -0.346 e. The van der Waals surface area contributed by atoms with Gasteiger partial charge in [-0.2, -0.15) is 8.78 Å². The van der Waals surface area contributed by atoms with Crippen LogP contribution in [0.4, 0.5) is 8.78 Å². The van der Waals surface area contributed by atoms with Gasteiger partial charge in [0.25, 0.3) is 11.8 Å². The molecule has 4 amide bonds. The standard InChI is InChI=1S/C22H18ClF2N3O4/c23-15-4-2-14(3-5-15)22(24,25)21(32)26-10-12-1-6-16-13(9-12)11-28(20(16)31)17-7-8-18(29)27-19(17)30/h1-6,9,17H,7-8,10-11H2,(H,26,32)(H,27,29,30)/t17-/m0/s1/i7D2,8D2,17D/hD. The van der Waals surface area contributed by atoms with Gasteiger partial charge in [0, 0.05) is 41.1 Å². The molecule has 0 spiro atoms. The first-order valence-corrected chi connectivity index (χ1v) is 9.58. The molecule has 0 radical (unpaired) electrons. The molecule has 1 atom stereocenters. The van der Waals surface area contributed by atoms with E-state index in [0.717, 1.165) is 12.1 Å². The molecule has 2 aromatic carbocycles. The summed E-state index contributed by atoms with van der Waals surface area (Å²) in [6.07, 6.45) is -6.78. The number of alkyl halides is 2. The smallest absolute Gasteiger partial charge is 0.346 e. The third kappa shape index (κ3) is 4.08. The van der Waals surface area contributed by atoms with E-state index < -0.39 is 67.0 Å². The summed E-state index contributed by atoms with van der Waals surface area (Å²) in [6.45, 7) is -1.19. The Hall–Kier alpha value is -3.33. The Labute approximate surface area is 195 Å². The van der Waals surface area contributed by atoms with Crippen molar-refractivity contribution in [1.29, 1.82) is 0 Å². The zero-order chi connectivity index (χ0) is 28.4. The average Bonchev–Trinajstić information content (AvgIpc) is 3.17. The van der Waals surface area contributed by atoms with E-state index >= 15 is 0 Å². The highest BCUT2D eigenvalue weighted by molar-refractivity contribution is 6.30. The summed E-state index contributed by atoms with van der Waals surface area (Å²) in [5, 5.41) is 1.81. The quantitative estimate of drug-likeness (QED) is 0.660. The molecule has 2 heterocycles. The number of hydrogen-bond donors (Lipinski definition) is 2. The van der Waals surface area contributed by atoms with E-state index in [4.69, 9.17) is 19.9 Å². The molecule has 166 valence electrons. The van der Waals surface area contributed by atoms with E-state index in [9.17, 15) is 28.0 Å². The largest absolute Gasteiger partial charge is 0.349 e. The lowest BCUT2D eigenvalue weighted by Crippen LogP contribution is -2.52. The minimum atomic E-state index is -4.04. The molecule has 0 aliphatic carbocycles. The van der Waals surface area contributed by atoms with E-state index in [0.29, 0.717) is 4.90 Å². The highest BCUT2D eigenvalue weighted by Gasteiger charge is 2.41. The van der Waals surface area contributed by atoms with Crippen molar-refractivity contribution in [3.05, 3.63) is 69.7 Å². The molecule has 2 aliphatic heterocycles. The van der Waals surface area contributed by atoms with Gasteiger partial charge < -0.3 is 10.2 Å². The Bertz CT molecular complexity index is 1380. The lowest BCUT2D eigenvalue weighted by atomic mass is 10.0. The Morgan fingerprint density at radius 2 is 2.00 bits per heavy atom. The fraction of sp³-hybridized carbons (Fsp3) is 0.273. The molecule has 32 heavy (non-hydrogen) atoms. The summed E-state index contributed by atoms with van der Waals surface area (Å²) in [6, 6.07) is 4.80. The van der Waals surface area contributed by atoms with Crippen LogP contribution in [0, 0.1) is 0 Å². The number of nitrogens with zero attached hydrogens (tertiary/aromatic N) is 1. The second-order valence-electron chi connectivity index (χ2n) is 6.97. The normalized spacial score (nSPS) is 26.6. The van der Waals surface area contributed by atoms with Crippen LogP contribution in [0.2, 0.25) is 6.43 Å². The average molecular weight is 468 g/mol. The number of piperidine rings is 1. The van der Waals surface area contributed by atoms with Crippen LogP contribution in [-0.4, -0.2) is 34.5 Å². The Morgan fingerprint density at radius 3 is 2.72 bits per heavy atom. The molecule has 7 nitrogen and oxygen atoms in total. The topological polar surface area (TPSA) is 95.6 Å². The van der Waals surface area contributed by atoms with Crippen LogP contribution < -0.4 is 10.6 Å². The minimum absolute atomic E-state index is 0.0320. The number of carbonyl (C=O) groups is 4. The number of imide groups is 1. The van der Waals surface area contributed by atoms with Gasteiger partial charge in [-0.05, 0) is 35.7 Å². The van der Waals surface area contributed by atoms with Gasteiger partial charge in [0.2, 0.25) is 11.8 Å². The SMILES string of the molecule is [2H]N(Cc1ccc2c(c1)CN([C@]1([2H])C(=O)NC(=O)C([2H])([2H])C1([2H])[2H])C2=O)C(=O)C(F)(F)c1ccc(Cl)cc1. The van der Waals surface area contributed by atoms with Crippen LogP contribution in [0.3, 0.4) is 0 Å². The summed E-state index contributed by atoms with van der Waals surface area (Å²) in [5.74, 6) is -9.99. The fourth-order valence-corrected chi connectivity index (χ4v) is 3.38. The number of carbonyl (C=O) groups excluding carboxylic acids is 4. The zero-order valence-electron chi connectivity index (χ0n) is 22.1. The molecule has 0 unspecified atom stereocenters. The maximum atomic E-state index is 14.7. The first kappa shape index (κ1) is 15.5. The molecule has 0 aromatic heterocycles. The van der Waals surface area contributed by atoms with Crippen molar-refractivity contribution in [2.75, 3.05) is 0 Å². The van der Waals surface area contributed by atoms with Gasteiger partial charge in [-0.3, -0.25) is 24.5 Å². The summed E-state index contributed by atoms with van der Waals surface area (Å²) in [4.78, 5) is 50.3. The molecule has 4 rings (SSSR count). The van der Waals surface area contributed by atoms with Crippen LogP contribution >= 0.6 is 11.6 Å². The van der Waals surface area contributed by atoms with Crippen molar-refractivity contribution in [2.45, 2.75) is 37.8 Å². The number of nitrogens with one attached hydrogen (secondary N) is 2. The first-order chi connectivity index (χ1) is 17.5. The summed E-state index contributed by atoms with van der Waals surface area (Å²) < 4.78 is 77.5. The summed E-state index contributed by atoms with van der Waals surface area (Å²) >= 11 is 5.69. The van der Waals surface area contributed by atoms with Crippen molar-refractivity contribution in [2.24, 2.45) is 0 Å². The third-order valence-electron chi connectivity index (χ3n) is 4.86. The second-order valence-corrected chi connectivity index (χ2v) is 7.40. The highest BCUT2D eigenvalue weighted by atomic mass is 35.5. The van der Waals surface area contributed by atoms with Gasteiger partial charge >= 0.3 is 5.92 Å². The van der Waals surface area contributed by atoms with Gasteiger partial charge in [-0.25, -0.2) is 0 Å². The van der Waals surface area contributed by atoms with Crippen LogP contribution in [0.5, 0.6) is 0 Å². The number of amides is 4. The van der Waals surface area contributed by atoms with Gasteiger partial charge in [0.1, 0.15) is 6.02 Å². The van der Waals surface area contributed by atoms with Crippen molar-refractivity contribution in [3.8, 4) is 0 Å². The van der Waals surface area contributed by atoms with E-state index in [1.54, 1.807) is 5.32 Å². The Kier molecular flexibility index (Phi) is 4.02.